The second-order valence-electron chi connectivity index (χ2n) is 2.83. The number of rotatable bonds is 1. The quantitative estimate of drug-likeness (QED) is 0.776. The Morgan fingerprint density at radius 2 is 2.00 bits per heavy atom. The second-order valence-corrected chi connectivity index (χ2v) is 3.91. The van der Waals surface area contributed by atoms with Crippen molar-refractivity contribution >= 4 is 26.4 Å². The third-order valence-corrected chi connectivity index (χ3v) is 2.93. The normalized spacial score (nSPS) is 11.4. The van der Waals surface area contributed by atoms with E-state index >= 15 is 0 Å². The molecule has 0 aliphatic heterocycles. The Balaban J connectivity index is 2.81. The minimum atomic E-state index is -2.60. The zero-order valence-corrected chi connectivity index (χ0v) is 7.75. The minimum Gasteiger partial charge on any atom is -0.391 e. The summed E-state index contributed by atoms with van der Waals surface area (Å²) in [4.78, 5) is 0. The molecule has 0 radical (unpaired) electrons. The average molecular weight is 217 g/mol. The number of hydrogen-bond donors (Lipinski definition) is 1. The van der Waals surface area contributed by atoms with E-state index in [9.17, 15) is 13.2 Å². The smallest absolute Gasteiger partial charge is 0.265 e. The van der Waals surface area contributed by atoms with Crippen molar-refractivity contribution < 1.29 is 13.2 Å². The molecule has 0 fully saturated rings. The molecule has 0 spiro atoms. The molecule has 1 aromatic heterocycles. The van der Waals surface area contributed by atoms with Crippen molar-refractivity contribution in [1.29, 1.82) is 0 Å². The summed E-state index contributed by atoms with van der Waals surface area (Å²) in [5.41, 5.74) is 5.27. The molecular weight excluding hydrogens is 211 g/mol. The number of nitrogen functional groups attached to an aromatic ring is 1. The molecule has 0 saturated heterocycles. The van der Waals surface area contributed by atoms with Gasteiger partial charge in [0.1, 0.15) is 5.82 Å². The van der Waals surface area contributed by atoms with Gasteiger partial charge in [-0.15, -0.1) is 11.3 Å². The molecule has 0 aliphatic rings. The van der Waals surface area contributed by atoms with E-state index < -0.39 is 12.2 Å². The number of hydrogen-bond acceptors (Lipinski definition) is 2. The molecule has 14 heavy (non-hydrogen) atoms. The van der Waals surface area contributed by atoms with E-state index in [0.717, 1.165) is 23.5 Å². The topological polar surface area (TPSA) is 26.0 Å². The first-order valence-electron chi connectivity index (χ1n) is 3.85. The number of nitrogens with two attached hydrogens (primary N) is 1. The number of benzene rings is 1. The first-order chi connectivity index (χ1) is 6.59. The zero-order chi connectivity index (χ0) is 10.3. The van der Waals surface area contributed by atoms with Crippen LogP contribution in [0.3, 0.4) is 0 Å². The van der Waals surface area contributed by atoms with Gasteiger partial charge in [-0.3, -0.25) is 0 Å². The first kappa shape index (κ1) is 9.33. The lowest BCUT2D eigenvalue weighted by molar-refractivity contribution is 0.153. The molecule has 2 aromatic rings. The Morgan fingerprint density at radius 3 is 2.64 bits per heavy atom. The summed E-state index contributed by atoms with van der Waals surface area (Å²) in [6.07, 6.45) is -2.60. The van der Waals surface area contributed by atoms with Gasteiger partial charge in [0.2, 0.25) is 0 Å². The van der Waals surface area contributed by atoms with Gasteiger partial charge in [0.15, 0.2) is 0 Å². The van der Waals surface area contributed by atoms with Gasteiger partial charge in [0.25, 0.3) is 6.43 Å². The van der Waals surface area contributed by atoms with Crippen LogP contribution in [0.15, 0.2) is 18.2 Å². The van der Waals surface area contributed by atoms with Gasteiger partial charge in [-0.25, -0.2) is 13.2 Å². The van der Waals surface area contributed by atoms with Crippen LogP contribution < -0.4 is 5.73 Å². The summed E-state index contributed by atoms with van der Waals surface area (Å²) in [5, 5.41) is 0.511. The molecule has 0 aliphatic carbocycles. The SMILES string of the molecule is Nc1cc2c(F)ccc(C(F)F)c2s1. The van der Waals surface area contributed by atoms with Crippen LogP contribution in [0.5, 0.6) is 0 Å². The number of halogens is 3. The van der Waals surface area contributed by atoms with Gasteiger partial charge >= 0.3 is 0 Å². The Bertz CT molecular complexity index is 478. The molecule has 74 valence electrons. The van der Waals surface area contributed by atoms with Crippen LogP contribution in [0, 0.1) is 5.82 Å². The maximum atomic E-state index is 13.1. The summed E-state index contributed by atoms with van der Waals surface area (Å²) in [6, 6.07) is 3.51. The van der Waals surface area contributed by atoms with Gasteiger partial charge in [-0.2, -0.15) is 0 Å². The lowest BCUT2D eigenvalue weighted by Crippen LogP contribution is -1.85. The third kappa shape index (κ3) is 1.33. The summed E-state index contributed by atoms with van der Waals surface area (Å²) >= 11 is 0.979. The molecule has 2 N–H and O–H groups in total. The van der Waals surface area contributed by atoms with Gasteiger partial charge < -0.3 is 5.73 Å². The fraction of sp³-hybridized carbons (Fsp3) is 0.111. The molecule has 1 nitrogen and oxygen atoms in total. The van der Waals surface area contributed by atoms with Crippen LogP contribution in [-0.4, -0.2) is 0 Å². The fourth-order valence-electron chi connectivity index (χ4n) is 1.30. The standard InChI is InChI=1S/C9H6F3NS/c10-6-2-1-4(9(11)12)8-5(6)3-7(13)14-8/h1-3,9H,13H2. The van der Waals surface area contributed by atoms with E-state index in [0.29, 0.717) is 5.00 Å². The summed E-state index contributed by atoms with van der Waals surface area (Å²) in [6.45, 7) is 0. The van der Waals surface area contributed by atoms with Gasteiger partial charge in [-0.1, -0.05) is 0 Å². The highest BCUT2D eigenvalue weighted by Crippen LogP contribution is 2.36. The third-order valence-electron chi connectivity index (χ3n) is 1.91. The van der Waals surface area contributed by atoms with E-state index in [4.69, 9.17) is 5.73 Å². The number of anilines is 1. The highest BCUT2D eigenvalue weighted by Gasteiger charge is 2.15. The van der Waals surface area contributed by atoms with E-state index in [-0.39, 0.29) is 15.6 Å². The van der Waals surface area contributed by atoms with Crippen LogP contribution in [-0.2, 0) is 0 Å². The lowest BCUT2D eigenvalue weighted by Gasteiger charge is -2.01. The van der Waals surface area contributed by atoms with E-state index in [2.05, 4.69) is 0 Å². The van der Waals surface area contributed by atoms with Crippen molar-refractivity contribution in [2.24, 2.45) is 0 Å². The number of thiophene rings is 1. The van der Waals surface area contributed by atoms with Crippen LogP contribution in [0.4, 0.5) is 18.2 Å². The molecule has 2 rings (SSSR count). The maximum Gasteiger partial charge on any atom is 0.265 e. The van der Waals surface area contributed by atoms with Gasteiger partial charge in [0, 0.05) is 15.6 Å². The average Bonchev–Trinajstić information content (AvgIpc) is 2.47. The van der Waals surface area contributed by atoms with E-state index in [1.807, 2.05) is 0 Å². The minimum absolute atomic E-state index is 0.164. The largest absolute Gasteiger partial charge is 0.391 e. The molecule has 0 atom stereocenters. The Hall–Kier alpha value is -1.23. The monoisotopic (exact) mass is 217 g/mol. The number of alkyl halides is 2. The van der Waals surface area contributed by atoms with Crippen LogP contribution >= 0.6 is 11.3 Å². The van der Waals surface area contributed by atoms with Crippen molar-refractivity contribution in [1.82, 2.24) is 0 Å². The van der Waals surface area contributed by atoms with Gasteiger partial charge in [0.05, 0.1) is 5.00 Å². The van der Waals surface area contributed by atoms with Crippen LogP contribution in [0.2, 0.25) is 0 Å². The molecule has 0 saturated carbocycles. The molecule has 5 heteroatoms. The summed E-state index contributed by atoms with van der Waals surface area (Å²) < 4.78 is 38.3. The van der Waals surface area contributed by atoms with Crippen molar-refractivity contribution in [3.63, 3.8) is 0 Å². The van der Waals surface area contributed by atoms with Crippen LogP contribution in [0.1, 0.15) is 12.0 Å². The Labute approximate surface area is 82.0 Å². The zero-order valence-electron chi connectivity index (χ0n) is 6.93. The summed E-state index contributed by atoms with van der Waals surface area (Å²) in [5.74, 6) is -0.516. The highest BCUT2D eigenvalue weighted by atomic mass is 32.1. The van der Waals surface area contributed by atoms with E-state index in [1.165, 1.54) is 6.07 Å². The molecule has 0 unspecified atom stereocenters. The molecular formula is C9H6F3NS. The summed E-state index contributed by atoms with van der Waals surface area (Å²) in [7, 11) is 0. The predicted octanol–water partition coefficient (Wildman–Crippen LogP) is 3.56. The molecule has 0 bridgehead atoms. The van der Waals surface area contributed by atoms with Crippen molar-refractivity contribution in [2.75, 3.05) is 5.73 Å². The molecule has 1 aromatic carbocycles. The Kier molecular flexibility index (Phi) is 2.11. The Morgan fingerprint density at radius 1 is 1.29 bits per heavy atom. The van der Waals surface area contributed by atoms with Crippen molar-refractivity contribution in [3.8, 4) is 0 Å². The first-order valence-corrected chi connectivity index (χ1v) is 4.67. The lowest BCUT2D eigenvalue weighted by atomic mass is 10.1. The van der Waals surface area contributed by atoms with Crippen LogP contribution in [0.25, 0.3) is 10.1 Å². The molecule has 1 heterocycles. The maximum absolute atomic E-state index is 13.1. The predicted molar refractivity (Wildman–Crippen MR) is 51.2 cm³/mol. The second kappa shape index (κ2) is 3.16. The highest BCUT2D eigenvalue weighted by molar-refractivity contribution is 7.22. The van der Waals surface area contributed by atoms with Gasteiger partial charge in [-0.05, 0) is 18.2 Å². The van der Waals surface area contributed by atoms with Crippen molar-refractivity contribution in [2.45, 2.75) is 6.43 Å². The van der Waals surface area contributed by atoms with Crippen molar-refractivity contribution in [3.05, 3.63) is 29.6 Å². The number of fused-ring (bicyclic) bond motifs is 1. The van der Waals surface area contributed by atoms with E-state index in [1.54, 1.807) is 0 Å². The molecule has 0 amide bonds. The fourth-order valence-corrected chi connectivity index (χ4v) is 2.26.